The number of methoxy groups -OCH3 is 1. The Balaban J connectivity index is 1.71. The molecule has 7 nitrogen and oxygen atoms in total. The second-order valence-corrected chi connectivity index (χ2v) is 8.93. The molecule has 3 rings (SSSR count). The zero-order chi connectivity index (χ0) is 25.4. The Kier molecular flexibility index (Phi) is 9.47. The maximum Gasteiger partial charge on any atom is 0.418 e. The summed E-state index contributed by atoms with van der Waals surface area (Å²) in [6.07, 6.45) is -2.36. The van der Waals surface area contributed by atoms with Crippen LogP contribution in [0.3, 0.4) is 0 Å². The highest BCUT2D eigenvalue weighted by molar-refractivity contribution is 5.81. The summed E-state index contributed by atoms with van der Waals surface area (Å²) in [6.45, 7) is 3.86. The summed E-state index contributed by atoms with van der Waals surface area (Å²) in [5.74, 6) is -0.277. The Bertz CT molecular complexity index is 984. The maximum absolute atomic E-state index is 13.5. The van der Waals surface area contributed by atoms with Crippen molar-refractivity contribution < 1.29 is 22.7 Å². The second-order valence-electron chi connectivity index (χ2n) is 8.93. The molecule has 1 aromatic carbocycles. The topological polar surface area (TPSA) is 60.9 Å². The van der Waals surface area contributed by atoms with Crippen LogP contribution in [0.4, 0.5) is 18.9 Å². The number of nitrogens with one attached hydrogen (secondary N) is 1. The number of carbonyl (C=O) groups is 1. The van der Waals surface area contributed by atoms with E-state index < -0.39 is 11.7 Å². The molecule has 1 aliphatic heterocycles. The van der Waals surface area contributed by atoms with Gasteiger partial charge in [0.2, 0.25) is 5.91 Å². The highest BCUT2D eigenvalue weighted by atomic mass is 19.4. The van der Waals surface area contributed by atoms with Crippen LogP contribution in [-0.2, 0) is 35.2 Å². The summed E-state index contributed by atoms with van der Waals surface area (Å²) in [6, 6.07) is 8.25. The third-order valence-electron chi connectivity index (χ3n) is 6.09. The predicted molar refractivity (Wildman–Crippen MR) is 129 cm³/mol. The van der Waals surface area contributed by atoms with Crippen LogP contribution in [0.2, 0.25) is 0 Å². The van der Waals surface area contributed by atoms with Gasteiger partial charge in [0.05, 0.1) is 31.0 Å². The third kappa shape index (κ3) is 7.65. The first-order valence-corrected chi connectivity index (χ1v) is 11.7. The molecule has 2 aromatic rings. The van der Waals surface area contributed by atoms with Crippen LogP contribution >= 0.6 is 0 Å². The minimum atomic E-state index is -4.53. The molecule has 0 unspecified atom stereocenters. The van der Waals surface area contributed by atoms with Crippen LogP contribution in [-0.4, -0.2) is 86.1 Å². The van der Waals surface area contributed by atoms with Crippen LogP contribution in [0, 0.1) is 0 Å². The molecular weight excluding hydrogens is 459 g/mol. The fourth-order valence-corrected chi connectivity index (χ4v) is 4.14. The maximum atomic E-state index is 13.5. The first kappa shape index (κ1) is 26.9. The number of benzene rings is 1. The minimum absolute atomic E-state index is 0.00848. The van der Waals surface area contributed by atoms with E-state index in [1.165, 1.54) is 28.3 Å². The van der Waals surface area contributed by atoms with Crippen molar-refractivity contribution in [1.29, 1.82) is 0 Å². The predicted octanol–water partition coefficient (Wildman–Crippen LogP) is 3.11. The van der Waals surface area contributed by atoms with Crippen LogP contribution in [0.5, 0.6) is 0 Å². The number of halogens is 3. The molecule has 192 valence electrons. The number of carbonyl (C=O) groups excluding carboxylic acids is 1. The molecule has 0 bridgehead atoms. The number of nitrogens with zero attached hydrogens (tertiary/aromatic N) is 4. The van der Waals surface area contributed by atoms with Crippen molar-refractivity contribution in [3.05, 3.63) is 58.9 Å². The SMILES string of the molecule is COCCN1CCc2c(cccc2NCC(=O)N(CCN(C)C)Cc2ncccc2C(F)(F)F)C1. The first-order valence-electron chi connectivity index (χ1n) is 11.7. The molecule has 2 heterocycles. The average molecular weight is 494 g/mol. The Hall–Kier alpha value is -2.69. The van der Waals surface area contributed by atoms with E-state index in [1.54, 1.807) is 7.11 Å². The first-order chi connectivity index (χ1) is 16.7. The number of rotatable bonds is 11. The van der Waals surface area contributed by atoms with Crippen LogP contribution in [0.1, 0.15) is 22.4 Å². The Morgan fingerprint density at radius 3 is 2.71 bits per heavy atom. The van der Waals surface area contributed by atoms with E-state index >= 15 is 0 Å². The van der Waals surface area contributed by atoms with Crippen molar-refractivity contribution in [3.63, 3.8) is 0 Å². The van der Waals surface area contributed by atoms with Gasteiger partial charge in [-0.05, 0) is 49.8 Å². The summed E-state index contributed by atoms with van der Waals surface area (Å²) in [7, 11) is 5.40. The van der Waals surface area contributed by atoms with Gasteiger partial charge in [-0.1, -0.05) is 12.1 Å². The molecule has 0 saturated carbocycles. The number of hydrogen-bond donors (Lipinski definition) is 1. The normalized spacial score (nSPS) is 14.1. The fourth-order valence-electron chi connectivity index (χ4n) is 4.14. The van der Waals surface area contributed by atoms with Crippen LogP contribution in [0.15, 0.2) is 36.5 Å². The number of ether oxygens (including phenoxy) is 1. The van der Waals surface area contributed by atoms with Gasteiger partial charge in [0, 0.05) is 51.7 Å². The highest BCUT2D eigenvalue weighted by Gasteiger charge is 2.34. The van der Waals surface area contributed by atoms with E-state index in [0.29, 0.717) is 19.7 Å². The summed E-state index contributed by atoms with van der Waals surface area (Å²) in [5.41, 5.74) is 2.31. The number of hydrogen-bond acceptors (Lipinski definition) is 6. The largest absolute Gasteiger partial charge is 0.418 e. The highest BCUT2D eigenvalue weighted by Crippen LogP contribution is 2.31. The quantitative estimate of drug-likeness (QED) is 0.519. The van der Waals surface area contributed by atoms with Crippen molar-refractivity contribution in [3.8, 4) is 0 Å². The lowest BCUT2D eigenvalue weighted by atomic mass is 9.97. The van der Waals surface area contributed by atoms with E-state index in [-0.39, 0.29) is 24.7 Å². The number of alkyl halides is 3. The monoisotopic (exact) mass is 493 g/mol. The number of likely N-dealkylation sites (N-methyl/N-ethyl adjacent to an activating group) is 1. The fraction of sp³-hybridized carbons (Fsp3) is 0.520. The number of aromatic nitrogens is 1. The molecule has 1 N–H and O–H groups in total. The molecule has 10 heteroatoms. The summed E-state index contributed by atoms with van der Waals surface area (Å²) in [4.78, 5) is 22.7. The Morgan fingerprint density at radius 2 is 2.00 bits per heavy atom. The Labute approximate surface area is 204 Å². The standard InChI is InChI=1S/C25H34F3N5O2/c1-31(2)12-13-33(18-23-21(25(26,27)28)7-5-10-29-23)24(34)16-30-22-8-4-6-19-17-32(14-15-35-3)11-9-20(19)22/h4-8,10,30H,9,11-18H2,1-3H3. The van der Waals surface area contributed by atoms with E-state index in [9.17, 15) is 18.0 Å². The molecule has 0 fully saturated rings. The lowest BCUT2D eigenvalue weighted by Crippen LogP contribution is -2.40. The number of fused-ring (bicyclic) bond motifs is 1. The molecule has 0 saturated heterocycles. The zero-order valence-corrected chi connectivity index (χ0v) is 20.6. The summed E-state index contributed by atoms with van der Waals surface area (Å²) in [5, 5.41) is 3.24. The lowest BCUT2D eigenvalue weighted by Gasteiger charge is -2.30. The molecule has 0 spiro atoms. The minimum Gasteiger partial charge on any atom is -0.383 e. The van der Waals surface area contributed by atoms with Crippen molar-refractivity contribution in [1.82, 2.24) is 19.7 Å². The molecule has 1 amide bonds. The van der Waals surface area contributed by atoms with E-state index in [2.05, 4.69) is 21.3 Å². The van der Waals surface area contributed by atoms with Gasteiger partial charge < -0.3 is 19.9 Å². The van der Waals surface area contributed by atoms with Gasteiger partial charge in [-0.15, -0.1) is 0 Å². The van der Waals surface area contributed by atoms with E-state index in [0.717, 1.165) is 37.8 Å². The van der Waals surface area contributed by atoms with Gasteiger partial charge >= 0.3 is 6.18 Å². The van der Waals surface area contributed by atoms with E-state index in [1.807, 2.05) is 31.1 Å². The number of pyridine rings is 1. The van der Waals surface area contributed by atoms with Crippen molar-refractivity contribution in [2.45, 2.75) is 25.7 Å². The van der Waals surface area contributed by atoms with Gasteiger partial charge in [-0.25, -0.2) is 0 Å². The van der Waals surface area contributed by atoms with Gasteiger partial charge in [0.1, 0.15) is 0 Å². The van der Waals surface area contributed by atoms with Crippen molar-refractivity contribution in [2.24, 2.45) is 0 Å². The molecule has 0 aliphatic carbocycles. The van der Waals surface area contributed by atoms with Gasteiger partial charge in [-0.3, -0.25) is 14.7 Å². The summed E-state index contributed by atoms with van der Waals surface area (Å²) >= 11 is 0. The zero-order valence-electron chi connectivity index (χ0n) is 20.6. The van der Waals surface area contributed by atoms with Crippen molar-refractivity contribution >= 4 is 11.6 Å². The second kappa shape index (κ2) is 12.3. The smallest absolute Gasteiger partial charge is 0.383 e. The van der Waals surface area contributed by atoms with Gasteiger partial charge in [-0.2, -0.15) is 13.2 Å². The van der Waals surface area contributed by atoms with Crippen LogP contribution in [0.25, 0.3) is 0 Å². The van der Waals surface area contributed by atoms with Gasteiger partial charge in [0.25, 0.3) is 0 Å². The Morgan fingerprint density at radius 1 is 1.20 bits per heavy atom. The number of anilines is 1. The molecular formula is C25H34F3N5O2. The number of amides is 1. The lowest BCUT2D eigenvalue weighted by molar-refractivity contribution is -0.140. The van der Waals surface area contributed by atoms with E-state index in [4.69, 9.17) is 4.74 Å². The molecule has 1 aliphatic rings. The molecule has 35 heavy (non-hydrogen) atoms. The molecule has 0 atom stereocenters. The average Bonchev–Trinajstić information content (AvgIpc) is 2.83. The van der Waals surface area contributed by atoms with Crippen molar-refractivity contribution in [2.75, 3.05) is 65.9 Å². The molecule has 1 aromatic heterocycles. The summed E-state index contributed by atoms with van der Waals surface area (Å²) < 4.78 is 45.6. The third-order valence-corrected chi connectivity index (χ3v) is 6.09. The van der Waals surface area contributed by atoms with Gasteiger partial charge in [0.15, 0.2) is 0 Å². The van der Waals surface area contributed by atoms with Crippen LogP contribution < -0.4 is 5.32 Å². The molecule has 0 radical (unpaired) electrons.